The van der Waals surface area contributed by atoms with Crippen molar-refractivity contribution in [3.63, 3.8) is 0 Å². The van der Waals surface area contributed by atoms with Crippen LogP contribution in [-0.4, -0.2) is 61.8 Å². The van der Waals surface area contributed by atoms with Crippen LogP contribution in [0.15, 0.2) is 66.7 Å². The molecular weight excluding hydrogens is 452 g/mol. The molecule has 0 aliphatic carbocycles. The van der Waals surface area contributed by atoms with Gasteiger partial charge in [-0.15, -0.1) is 0 Å². The Bertz CT molecular complexity index is 1300. The van der Waals surface area contributed by atoms with Crippen molar-refractivity contribution in [2.75, 3.05) is 58.0 Å². The second-order valence-electron chi connectivity index (χ2n) is 9.12. The zero-order chi connectivity index (χ0) is 24.9. The minimum Gasteiger partial charge on any atom is -0.492 e. The van der Waals surface area contributed by atoms with E-state index in [1.165, 1.54) is 0 Å². The maximum atomic E-state index is 6.34. The molecule has 4 aromatic rings. The maximum Gasteiger partial charge on any atom is 0.229 e. The number of likely N-dealkylation sites (N-methyl/N-ethyl adjacent to an activating group) is 1. The van der Waals surface area contributed by atoms with E-state index in [0.29, 0.717) is 18.4 Å². The van der Waals surface area contributed by atoms with Gasteiger partial charge < -0.3 is 30.7 Å². The standard InChI is InChI=1S/C28H32N6O2/c1-34(2)15-17-35-22-12-8-19(9-13-22)23-4-3-5-24-26(23)32-28(33-27(24)29)31-21-10-6-20(7-11-21)25-18-30-14-16-36-25/h3-13,25,30H,14-18H2,1-2H3,(H3,29,31,32,33). The van der Waals surface area contributed by atoms with E-state index < -0.39 is 0 Å². The number of nitrogens with zero attached hydrogens (tertiary/aromatic N) is 3. The van der Waals surface area contributed by atoms with E-state index in [4.69, 9.17) is 20.2 Å². The van der Waals surface area contributed by atoms with Crippen molar-refractivity contribution in [1.29, 1.82) is 0 Å². The number of fused-ring (bicyclic) bond motifs is 1. The number of nitrogens with two attached hydrogens (primary N) is 1. The van der Waals surface area contributed by atoms with Crippen molar-refractivity contribution in [3.05, 3.63) is 72.3 Å². The molecule has 8 heteroatoms. The van der Waals surface area contributed by atoms with Gasteiger partial charge in [0.2, 0.25) is 5.95 Å². The fraction of sp³-hybridized carbons (Fsp3) is 0.286. The Morgan fingerprint density at radius 3 is 2.58 bits per heavy atom. The van der Waals surface area contributed by atoms with Gasteiger partial charge in [-0.2, -0.15) is 4.98 Å². The number of rotatable bonds is 8. The van der Waals surface area contributed by atoms with Gasteiger partial charge >= 0.3 is 0 Å². The Labute approximate surface area is 211 Å². The number of anilines is 3. The van der Waals surface area contributed by atoms with E-state index in [-0.39, 0.29) is 6.10 Å². The molecule has 36 heavy (non-hydrogen) atoms. The van der Waals surface area contributed by atoms with Crippen LogP contribution in [0.5, 0.6) is 5.75 Å². The predicted octanol–water partition coefficient (Wildman–Crippen LogP) is 4.22. The molecule has 186 valence electrons. The molecule has 0 radical (unpaired) electrons. The number of morpholine rings is 1. The second kappa shape index (κ2) is 10.9. The van der Waals surface area contributed by atoms with Gasteiger partial charge in [0.05, 0.1) is 18.2 Å². The first kappa shape index (κ1) is 24.0. The molecular formula is C28H32N6O2. The summed E-state index contributed by atoms with van der Waals surface area (Å²) in [5.74, 6) is 1.74. The van der Waals surface area contributed by atoms with Gasteiger partial charge in [-0.1, -0.05) is 36.4 Å². The first-order valence-electron chi connectivity index (χ1n) is 12.2. The third-order valence-electron chi connectivity index (χ3n) is 6.19. The Kier molecular flexibility index (Phi) is 7.27. The summed E-state index contributed by atoms with van der Waals surface area (Å²) in [6.07, 6.45) is 0.0766. The quantitative estimate of drug-likeness (QED) is 0.342. The molecule has 1 aliphatic rings. The van der Waals surface area contributed by atoms with E-state index in [2.05, 4.69) is 32.7 Å². The lowest BCUT2D eigenvalue weighted by molar-refractivity contribution is 0.0277. The van der Waals surface area contributed by atoms with Crippen LogP contribution in [0.2, 0.25) is 0 Å². The van der Waals surface area contributed by atoms with Crippen LogP contribution in [0, 0.1) is 0 Å². The third kappa shape index (κ3) is 5.57. The van der Waals surface area contributed by atoms with Crippen molar-refractivity contribution in [2.45, 2.75) is 6.10 Å². The van der Waals surface area contributed by atoms with Gasteiger partial charge in [0.25, 0.3) is 0 Å². The van der Waals surface area contributed by atoms with Crippen LogP contribution < -0.4 is 21.1 Å². The summed E-state index contributed by atoms with van der Waals surface area (Å²) in [5.41, 5.74) is 11.2. The highest BCUT2D eigenvalue weighted by molar-refractivity contribution is 5.99. The molecule has 0 amide bonds. The number of hydrogen-bond donors (Lipinski definition) is 3. The average Bonchev–Trinajstić information content (AvgIpc) is 2.90. The summed E-state index contributed by atoms with van der Waals surface area (Å²) >= 11 is 0. The van der Waals surface area contributed by atoms with Gasteiger partial charge in [-0.3, -0.25) is 0 Å². The normalized spacial score (nSPS) is 15.8. The SMILES string of the molecule is CN(C)CCOc1ccc(-c2cccc3c(N)nc(Nc4ccc(C5CNCCO5)cc4)nc23)cc1. The summed E-state index contributed by atoms with van der Waals surface area (Å²) in [6, 6.07) is 22.2. The first-order chi connectivity index (χ1) is 17.6. The topological polar surface area (TPSA) is 97.6 Å². The second-order valence-corrected chi connectivity index (χ2v) is 9.12. The van der Waals surface area contributed by atoms with E-state index in [0.717, 1.165) is 65.3 Å². The lowest BCUT2D eigenvalue weighted by atomic mass is 10.0. The van der Waals surface area contributed by atoms with Crippen molar-refractivity contribution >= 4 is 28.4 Å². The molecule has 0 bridgehead atoms. The van der Waals surface area contributed by atoms with Gasteiger partial charge in [-0.05, 0) is 55.6 Å². The number of hydrogen-bond acceptors (Lipinski definition) is 8. The fourth-order valence-corrected chi connectivity index (χ4v) is 4.23. The van der Waals surface area contributed by atoms with Crippen LogP contribution in [0.4, 0.5) is 17.5 Å². The molecule has 5 rings (SSSR count). The van der Waals surface area contributed by atoms with E-state index in [1.807, 2.05) is 68.7 Å². The molecule has 1 aliphatic heterocycles. The van der Waals surface area contributed by atoms with Crippen LogP contribution in [0.3, 0.4) is 0 Å². The molecule has 0 spiro atoms. The van der Waals surface area contributed by atoms with E-state index in [1.54, 1.807) is 0 Å². The summed E-state index contributed by atoms with van der Waals surface area (Å²) in [5, 5.41) is 7.49. The van der Waals surface area contributed by atoms with Crippen LogP contribution >= 0.6 is 0 Å². The monoisotopic (exact) mass is 484 g/mol. The minimum absolute atomic E-state index is 0.0766. The Morgan fingerprint density at radius 2 is 1.86 bits per heavy atom. The molecule has 0 saturated carbocycles. The van der Waals surface area contributed by atoms with Gasteiger partial charge in [0, 0.05) is 36.3 Å². The first-order valence-corrected chi connectivity index (χ1v) is 12.2. The van der Waals surface area contributed by atoms with E-state index in [9.17, 15) is 0 Å². The molecule has 1 saturated heterocycles. The largest absolute Gasteiger partial charge is 0.492 e. The highest BCUT2D eigenvalue weighted by atomic mass is 16.5. The molecule has 4 N–H and O–H groups in total. The molecule has 8 nitrogen and oxygen atoms in total. The van der Waals surface area contributed by atoms with Crippen LogP contribution in [0.1, 0.15) is 11.7 Å². The summed E-state index contributed by atoms with van der Waals surface area (Å²) < 4.78 is 11.7. The lowest BCUT2D eigenvalue weighted by Gasteiger charge is -2.24. The molecule has 1 unspecified atom stereocenters. The van der Waals surface area contributed by atoms with Crippen LogP contribution in [-0.2, 0) is 4.74 Å². The third-order valence-corrected chi connectivity index (χ3v) is 6.19. The summed E-state index contributed by atoms with van der Waals surface area (Å²) in [4.78, 5) is 11.4. The lowest BCUT2D eigenvalue weighted by Crippen LogP contribution is -2.33. The smallest absolute Gasteiger partial charge is 0.229 e. The number of nitrogen functional groups attached to an aromatic ring is 1. The molecule has 1 fully saturated rings. The molecule has 2 heterocycles. The zero-order valence-electron chi connectivity index (χ0n) is 20.7. The number of aromatic nitrogens is 2. The Morgan fingerprint density at radius 1 is 1.06 bits per heavy atom. The number of nitrogens with one attached hydrogen (secondary N) is 2. The van der Waals surface area contributed by atoms with Gasteiger partial charge in [0.15, 0.2) is 0 Å². The number of benzene rings is 3. The van der Waals surface area contributed by atoms with Crippen molar-refractivity contribution in [1.82, 2.24) is 20.2 Å². The Balaban J connectivity index is 1.37. The highest BCUT2D eigenvalue weighted by Gasteiger charge is 2.16. The van der Waals surface area contributed by atoms with Gasteiger partial charge in [-0.25, -0.2) is 4.98 Å². The number of para-hydroxylation sites is 1. The van der Waals surface area contributed by atoms with Crippen molar-refractivity contribution in [3.8, 4) is 16.9 Å². The number of ether oxygens (including phenoxy) is 2. The average molecular weight is 485 g/mol. The summed E-state index contributed by atoms with van der Waals surface area (Å²) in [7, 11) is 4.06. The van der Waals surface area contributed by atoms with Gasteiger partial charge in [0.1, 0.15) is 18.2 Å². The van der Waals surface area contributed by atoms with E-state index >= 15 is 0 Å². The summed E-state index contributed by atoms with van der Waals surface area (Å²) in [6.45, 7) is 3.95. The molecule has 3 aromatic carbocycles. The highest BCUT2D eigenvalue weighted by Crippen LogP contribution is 2.32. The molecule has 1 atom stereocenters. The molecule has 1 aromatic heterocycles. The Hall–Kier alpha value is -3.72. The minimum atomic E-state index is 0.0766. The van der Waals surface area contributed by atoms with Crippen molar-refractivity contribution in [2.24, 2.45) is 0 Å². The maximum absolute atomic E-state index is 6.34. The predicted molar refractivity (Wildman–Crippen MR) is 145 cm³/mol. The zero-order valence-corrected chi connectivity index (χ0v) is 20.7. The fourth-order valence-electron chi connectivity index (χ4n) is 4.23. The van der Waals surface area contributed by atoms with Crippen molar-refractivity contribution < 1.29 is 9.47 Å². The van der Waals surface area contributed by atoms with Crippen LogP contribution in [0.25, 0.3) is 22.0 Å².